The van der Waals surface area contributed by atoms with Crippen LogP contribution in [-0.2, 0) is 6.54 Å². The van der Waals surface area contributed by atoms with E-state index in [1.165, 1.54) is 36.4 Å². The van der Waals surface area contributed by atoms with Crippen LogP contribution in [0.3, 0.4) is 0 Å². The second kappa shape index (κ2) is 6.20. The molecular formula is C14H9ClFN3O2. The molecule has 7 heteroatoms. The Morgan fingerprint density at radius 1 is 1.33 bits per heavy atom. The van der Waals surface area contributed by atoms with Crippen molar-refractivity contribution in [1.82, 2.24) is 0 Å². The third-order valence-corrected chi connectivity index (χ3v) is 3.17. The third kappa shape index (κ3) is 3.46. The second-order valence-electron chi connectivity index (χ2n) is 4.19. The number of non-ortho nitro benzene ring substituents is 1. The zero-order valence-electron chi connectivity index (χ0n) is 10.6. The van der Waals surface area contributed by atoms with Gasteiger partial charge in [0.25, 0.3) is 5.69 Å². The molecule has 0 fully saturated rings. The molecule has 0 spiro atoms. The summed E-state index contributed by atoms with van der Waals surface area (Å²) in [6, 6.07) is 9.84. The summed E-state index contributed by atoms with van der Waals surface area (Å²) < 4.78 is 12.9. The molecule has 0 heterocycles. The number of nitro benzene ring substituents is 1. The lowest BCUT2D eigenvalue weighted by molar-refractivity contribution is -0.384. The van der Waals surface area contributed by atoms with E-state index in [4.69, 9.17) is 16.9 Å². The van der Waals surface area contributed by atoms with Crippen LogP contribution in [0.25, 0.3) is 0 Å². The highest BCUT2D eigenvalue weighted by Crippen LogP contribution is 2.23. The van der Waals surface area contributed by atoms with Crippen molar-refractivity contribution in [1.29, 1.82) is 5.26 Å². The number of benzene rings is 2. The van der Waals surface area contributed by atoms with Gasteiger partial charge in [-0.2, -0.15) is 5.26 Å². The maximum atomic E-state index is 12.9. The maximum Gasteiger partial charge on any atom is 0.270 e. The lowest BCUT2D eigenvalue weighted by Gasteiger charge is -2.09. The van der Waals surface area contributed by atoms with Crippen LogP contribution in [0, 0.1) is 27.3 Å². The van der Waals surface area contributed by atoms with Gasteiger partial charge in [0.05, 0.1) is 16.2 Å². The summed E-state index contributed by atoms with van der Waals surface area (Å²) in [4.78, 5) is 10.1. The first-order valence-electron chi connectivity index (χ1n) is 5.87. The van der Waals surface area contributed by atoms with E-state index in [9.17, 15) is 14.5 Å². The van der Waals surface area contributed by atoms with Gasteiger partial charge in [-0.15, -0.1) is 0 Å². The van der Waals surface area contributed by atoms with Gasteiger partial charge in [0.1, 0.15) is 11.9 Å². The zero-order valence-corrected chi connectivity index (χ0v) is 11.4. The Morgan fingerprint density at radius 2 is 2.10 bits per heavy atom. The fourth-order valence-electron chi connectivity index (χ4n) is 1.75. The van der Waals surface area contributed by atoms with Gasteiger partial charge >= 0.3 is 0 Å². The topological polar surface area (TPSA) is 79.0 Å². The molecule has 0 radical (unpaired) electrons. The summed E-state index contributed by atoms with van der Waals surface area (Å²) in [6.07, 6.45) is 0. The van der Waals surface area contributed by atoms with E-state index in [0.29, 0.717) is 11.3 Å². The number of nitro groups is 1. The van der Waals surface area contributed by atoms with E-state index in [1.54, 1.807) is 0 Å². The quantitative estimate of drug-likeness (QED) is 0.687. The summed E-state index contributed by atoms with van der Waals surface area (Å²) in [5, 5.41) is 22.9. The molecule has 21 heavy (non-hydrogen) atoms. The number of anilines is 1. The number of nitrogens with zero attached hydrogens (tertiary/aromatic N) is 2. The monoisotopic (exact) mass is 305 g/mol. The molecule has 1 N–H and O–H groups in total. The smallest absolute Gasteiger partial charge is 0.270 e. The Kier molecular flexibility index (Phi) is 4.36. The van der Waals surface area contributed by atoms with Crippen LogP contribution in [0.5, 0.6) is 0 Å². The number of nitriles is 1. The van der Waals surface area contributed by atoms with Crippen molar-refractivity contribution in [3.05, 3.63) is 68.5 Å². The second-order valence-corrected chi connectivity index (χ2v) is 4.60. The van der Waals surface area contributed by atoms with Crippen molar-refractivity contribution in [2.75, 3.05) is 5.32 Å². The standard InChI is InChI=1S/C14H9ClFN3O2/c15-13-6-11(16)2-1-9(13)8-18-14-4-3-12(19(20)21)5-10(14)7-17/h1-6,18H,8H2. The fourth-order valence-corrected chi connectivity index (χ4v) is 1.98. The number of hydrogen-bond acceptors (Lipinski definition) is 4. The minimum atomic E-state index is -0.568. The van der Waals surface area contributed by atoms with Gasteiger partial charge in [0.15, 0.2) is 0 Å². The Hall–Kier alpha value is -2.65. The average Bonchev–Trinajstić information content (AvgIpc) is 2.46. The fraction of sp³-hybridized carbons (Fsp3) is 0.0714. The predicted molar refractivity (Wildman–Crippen MR) is 76.5 cm³/mol. The Balaban J connectivity index is 2.20. The number of rotatable bonds is 4. The van der Waals surface area contributed by atoms with E-state index in [-0.39, 0.29) is 22.8 Å². The van der Waals surface area contributed by atoms with Crippen molar-refractivity contribution < 1.29 is 9.31 Å². The summed E-state index contributed by atoms with van der Waals surface area (Å²) >= 11 is 5.90. The summed E-state index contributed by atoms with van der Waals surface area (Å²) in [7, 11) is 0. The van der Waals surface area contributed by atoms with Crippen molar-refractivity contribution >= 4 is 23.0 Å². The first-order valence-corrected chi connectivity index (χ1v) is 6.25. The van der Waals surface area contributed by atoms with E-state index in [2.05, 4.69) is 5.32 Å². The van der Waals surface area contributed by atoms with Crippen LogP contribution in [-0.4, -0.2) is 4.92 Å². The van der Waals surface area contributed by atoms with E-state index < -0.39 is 10.7 Å². The van der Waals surface area contributed by atoms with Gasteiger partial charge in [-0.3, -0.25) is 10.1 Å². The highest BCUT2D eigenvalue weighted by atomic mass is 35.5. The van der Waals surface area contributed by atoms with Gasteiger partial charge < -0.3 is 5.32 Å². The minimum absolute atomic E-state index is 0.155. The molecule has 0 amide bonds. The van der Waals surface area contributed by atoms with Gasteiger partial charge in [-0.25, -0.2) is 4.39 Å². The maximum absolute atomic E-state index is 12.9. The molecule has 0 atom stereocenters. The lowest BCUT2D eigenvalue weighted by Crippen LogP contribution is -2.02. The zero-order chi connectivity index (χ0) is 15.4. The first kappa shape index (κ1) is 14.8. The van der Waals surface area contributed by atoms with Crippen LogP contribution in [0.2, 0.25) is 5.02 Å². The Bertz CT molecular complexity index is 743. The molecule has 0 aromatic heterocycles. The summed E-state index contributed by atoms with van der Waals surface area (Å²) in [6.45, 7) is 0.269. The summed E-state index contributed by atoms with van der Waals surface area (Å²) in [5.74, 6) is -0.434. The molecule has 0 aliphatic rings. The molecule has 0 unspecified atom stereocenters. The van der Waals surface area contributed by atoms with Crippen LogP contribution < -0.4 is 5.32 Å². The van der Waals surface area contributed by atoms with Crippen molar-refractivity contribution in [2.45, 2.75) is 6.54 Å². The molecule has 106 valence electrons. The van der Waals surface area contributed by atoms with Crippen molar-refractivity contribution in [2.24, 2.45) is 0 Å². The van der Waals surface area contributed by atoms with Gasteiger partial charge in [-0.1, -0.05) is 17.7 Å². The number of hydrogen-bond donors (Lipinski definition) is 1. The Morgan fingerprint density at radius 3 is 2.71 bits per heavy atom. The van der Waals surface area contributed by atoms with Crippen LogP contribution >= 0.6 is 11.6 Å². The number of nitrogens with one attached hydrogen (secondary N) is 1. The van der Waals surface area contributed by atoms with Gasteiger partial charge in [0.2, 0.25) is 0 Å². The first-order chi connectivity index (χ1) is 10.0. The van der Waals surface area contributed by atoms with E-state index in [1.807, 2.05) is 6.07 Å². The number of halogens is 2. The largest absolute Gasteiger partial charge is 0.380 e. The van der Waals surface area contributed by atoms with Gasteiger partial charge in [-0.05, 0) is 23.8 Å². The lowest BCUT2D eigenvalue weighted by atomic mass is 10.1. The van der Waals surface area contributed by atoms with Crippen LogP contribution in [0.1, 0.15) is 11.1 Å². The predicted octanol–water partition coefficient (Wildman–Crippen LogP) is 3.87. The Labute approximate surface area is 124 Å². The van der Waals surface area contributed by atoms with E-state index >= 15 is 0 Å². The molecule has 2 rings (SSSR count). The highest BCUT2D eigenvalue weighted by Gasteiger charge is 2.11. The van der Waals surface area contributed by atoms with Crippen molar-refractivity contribution in [3.63, 3.8) is 0 Å². The SMILES string of the molecule is N#Cc1cc([N+](=O)[O-])ccc1NCc1ccc(F)cc1Cl. The highest BCUT2D eigenvalue weighted by molar-refractivity contribution is 6.31. The molecular weight excluding hydrogens is 297 g/mol. The molecule has 5 nitrogen and oxygen atoms in total. The third-order valence-electron chi connectivity index (χ3n) is 2.82. The molecule has 0 saturated carbocycles. The molecule has 0 bridgehead atoms. The molecule has 0 aliphatic carbocycles. The van der Waals surface area contributed by atoms with Crippen molar-refractivity contribution in [3.8, 4) is 6.07 Å². The van der Waals surface area contributed by atoms with E-state index in [0.717, 1.165) is 0 Å². The van der Waals surface area contributed by atoms with Crippen LogP contribution in [0.15, 0.2) is 36.4 Å². The summed E-state index contributed by atoms with van der Waals surface area (Å²) in [5.41, 5.74) is 1.10. The van der Waals surface area contributed by atoms with Crippen LogP contribution in [0.4, 0.5) is 15.8 Å². The molecule has 2 aromatic carbocycles. The molecule has 2 aromatic rings. The normalized spacial score (nSPS) is 9.95. The molecule has 0 saturated heterocycles. The van der Waals surface area contributed by atoms with Gasteiger partial charge in [0, 0.05) is 23.7 Å². The molecule has 0 aliphatic heterocycles. The minimum Gasteiger partial charge on any atom is -0.380 e. The average molecular weight is 306 g/mol.